The van der Waals surface area contributed by atoms with Crippen molar-refractivity contribution in [2.75, 3.05) is 0 Å². The van der Waals surface area contributed by atoms with E-state index in [0.29, 0.717) is 0 Å². The monoisotopic (exact) mass is 176 g/mol. The fourth-order valence-electron chi connectivity index (χ4n) is 1.49. The highest BCUT2D eigenvalue weighted by Gasteiger charge is 2.23. The lowest BCUT2D eigenvalue weighted by Crippen LogP contribution is -2.42. The molecule has 0 radical (unpaired) electrons. The summed E-state index contributed by atoms with van der Waals surface area (Å²) in [5.74, 6) is 5.03. The van der Waals surface area contributed by atoms with Gasteiger partial charge >= 0.3 is 0 Å². The number of nitrogens with two attached hydrogens (primary N) is 1. The maximum atomic E-state index is 12.3. The third-order valence-electron chi connectivity index (χ3n) is 2.16. The number of alkyl halides is 2. The highest BCUT2D eigenvalue weighted by atomic mass is 19.3. The van der Waals surface area contributed by atoms with Crippen LogP contribution in [-0.2, 0) is 0 Å². The Morgan fingerprint density at radius 2 is 2.17 bits per heavy atom. The summed E-state index contributed by atoms with van der Waals surface area (Å²) < 4.78 is 24.6. The summed E-state index contributed by atoms with van der Waals surface area (Å²) in [6.45, 7) is 0. The SMILES string of the molecule is NNC(C1=CCCCC1)C(F)F. The standard InChI is InChI=1S/C8H14F2N2/c9-8(10)7(12-11)6-4-2-1-3-5-6/h4,7-8,12H,1-3,5,11H2. The Bertz CT molecular complexity index is 168. The van der Waals surface area contributed by atoms with E-state index in [1.54, 1.807) is 0 Å². The number of hydrazine groups is 1. The third kappa shape index (κ3) is 2.25. The molecule has 0 fully saturated rings. The van der Waals surface area contributed by atoms with Crippen molar-refractivity contribution in [3.63, 3.8) is 0 Å². The highest BCUT2D eigenvalue weighted by Crippen LogP contribution is 2.22. The largest absolute Gasteiger partial charge is 0.271 e. The number of hydrogen-bond acceptors (Lipinski definition) is 2. The van der Waals surface area contributed by atoms with Crippen molar-refractivity contribution in [2.45, 2.75) is 38.2 Å². The topological polar surface area (TPSA) is 38.0 Å². The van der Waals surface area contributed by atoms with E-state index in [9.17, 15) is 8.78 Å². The minimum absolute atomic E-state index is 0.749. The molecule has 3 N–H and O–H groups in total. The van der Waals surface area contributed by atoms with Crippen molar-refractivity contribution < 1.29 is 8.78 Å². The van der Waals surface area contributed by atoms with Gasteiger partial charge in [-0.25, -0.2) is 14.2 Å². The lowest BCUT2D eigenvalue weighted by molar-refractivity contribution is 0.111. The molecule has 0 aromatic carbocycles. The molecule has 0 amide bonds. The van der Waals surface area contributed by atoms with Gasteiger partial charge in [-0.2, -0.15) is 0 Å². The molecular weight excluding hydrogens is 162 g/mol. The summed E-state index contributed by atoms with van der Waals surface area (Å²) >= 11 is 0. The van der Waals surface area contributed by atoms with E-state index in [4.69, 9.17) is 5.84 Å². The summed E-state index contributed by atoms with van der Waals surface area (Å²) in [6, 6.07) is -0.940. The van der Waals surface area contributed by atoms with Crippen LogP contribution in [0.3, 0.4) is 0 Å². The van der Waals surface area contributed by atoms with E-state index >= 15 is 0 Å². The molecule has 4 heteroatoms. The first-order valence-electron chi connectivity index (χ1n) is 4.19. The molecule has 1 rings (SSSR count). The van der Waals surface area contributed by atoms with E-state index in [-0.39, 0.29) is 0 Å². The van der Waals surface area contributed by atoms with E-state index in [1.807, 2.05) is 6.08 Å². The van der Waals surface area contributed by atoms with E-state index < -0.39 is 12.5 Å². The molecule has 0 aliphatic heterocycles. The van der Waals surface area contributed by atoms with Gasteiger partial charge < -0.3 is 0 Å². The van der Waals surface area contributed by atoms with Crippen LogP contribution in [0.4, 0.5) is 8.78 Å². The second kappa shape index (κ2) is 4.52. The van der Waals surface area contributed by atoms with Gasteiger partial charge in [0.25, 0.3) is 6.43 Å². The number of allylic oxidation sites excluding steroid dienone is 1. The van der Waals surface area contributed by atoms with Crippen molar-refractivity contribution >= 4 is 0 Å². The summed E-state index contributed by atoms with van der Waals surface area (Å²) in [5, 5.41) is 0. The lowest BCUT2D eigenvalue weighted by Gasteiger charge is -2.21. The number of halogens is 2. The zero-order valence-corrected chi connectivity index (χ0v) is 6.89. The summed E-state index contributed by atoms with van der Waals surface area (Å²) in [5.41, 5.74) is 2.92. The molecule has 0 aromatic rings. The van der Waals surface area contributed by atoms with Gasteiger partial charge in [0, 0.05) is 0 Å². The summed E-state index contributed by atoms with van der Waals surface area (Å²) in [6.07, 6.45) is 3.22. The molecule has 0 saturated heterocycles. The number of rotatable bonds is 3. The fraction of sp³-hybridized carbons (Fsp3) is 0.750. The predicted molar refractivity (Wildman–Crippen MR) is 43.7 cm³/mol. The summed E-state index contributed by atoms with van der Waals surface area (Å²) in [4.78, 5) is 0. The molecule has 70 valence electrons. The van der Waals surface area contributed by atoms with Crippen LogP contribution in [0.1, 0.15) is 25.7 Å². The maximum absolute atomic E-state index is 12.3. The molecule has 2 nitrogen and oxygen atoms in total. The molecule has 0 bridgehead atoms. The number of nitrogens with one attached hydrogen (secondary N) is 1. The molecule has 1 aliphatic carbocycles. The minimum Gasteiger partial charge on any atom is -0.271 e. The molecule has 0 heterocycles. The Morgan fingerprint density at radius 1 is 1.42 bits per heavy atom. The van der Waals surface area contributed by atoms with Crippen molar-refractivity contribution in [1.29, 1.82) is 0 Å². The maximum Gasteiger partial charge on any atom is 0.258 e. The Hall–Kier alpha value is -0.480. The summed E-state index contributed by atoms with van der Waals surface area (Å²) in [7, 11) is 0. The normalized spacial score (nSPS) is 20.8. The lowest BCUT2D eigenvalue weighted by atomic mass is 9.94. The quantitative estimate of drug-likeness (QED) is 0.389. The van der Waals surface area contributed by atoms with Crippen LogP contribution in [0.25, 0.3) is 0 Å². The molecule has 0 saturated carbocycles. The molecule has 1 aliphatic rings. The van der Waals surface area contributed by atoms with Crippen LogP contribution < -0.4 is 11.3 Å². The molecule has 12 heavy (non-hydrogen) atoms. The molecule has 1 atom stereocenters. The van der Waals surface area contributed by atoms with E-state index in [2.05, 4.69) is 5.43 Å². The van der Waals surface area contributed by atoms with Gasteiger partial charge in [-0.15, -0.1) is 0 Å². The van der Waals surface area contributed by atoms with Crippen LogP contribution in [0.2, 0.25) is 0 Å². The smallest absolute Gasteiger partial charge is 0.258 e. The molecular formula is C8H14F2N2. The third-order valence-corrected chi connectivity index (χ3v) is 2.16. The van der Waals surface area contributed by atoms with Crippen LogP contribution in [-0.4, -0.2) is 12.5 Å². The van der Waals surface area contributed by atoms with Crippen LogP contribution in [0.5, 0.6) is 0 Å². The number of hydrogen-bond donors (Lipinski definition) is 2. The van der Waals surface area contributed by atoms with Crippen molar-refractivity contribution in [2.24, 2.45) is 5.84 Å². The first kappa shape index (κ1) is 9.61. The van der Waals surface area contributed by atoms with Gasteiger partial charge in [-0.3, -0.25) is 5.84 Å². The Morgan fingerprint density at radius 3 is 2.58 bits per heavy atom. The first-order valence-corrected chi connectivity index (χ1v) is 4.19. The fourth-order valence-corrected chi connectivity index (χ4v) is 1.49. The van der Waals surface area contributed by atoms with Crippen LogP contribution >= 0.6 is 0 Å². The van der Waals surface area contributed by atoms with Crippen LogP contribution in [0.15, 0.2) is 11.6 Å². The van der Waals surface area contributed by atoms with Gasteiger partial charge in [0.1, 0.15) is 6.04 Å². The molecule has 0 aromatic heterocycles. The second-order valence-electron chi connectivity index (χ2n) is 3.00. The predicted octanol–water partition coefficient (Wildman–Crippen LogP) is 1.58. The van der Waals surface area contributed by atoms with E-state index in [0.717, 1.165) is 31.3 Å². The Balaban J connectivity index is 2.57. The molecule has 0 spiro atoms. The average Bonchev–Trinajstić information content (AvgIpc) is 2.07. The Kier molecular flexibility index (Phi) is 3.62. The van der Waals surface area contributed by atoms with Gasteiger partial charge in [0.15, 0.2) is 0 Å². The van der Waals surface area contributed by atoms with E-state index in [1.165, 1.54) is 0 Å². The average molecular weight is 176 g/mol. The first-order chi connectivity index (χ1) is 5.75. The van der Waals surface area contributed by atoms with Crippen LogP contribution in [0, 0.1) is 0 Å². The molecule has 1 unspecified atom stereocenters. The van der Waals surface area contributed by atoms with Gasteiger partial charge in [0.05, 0.1) is 0 Å². The zero-order valence-electron chi connectivity index (χ0n) is 6.89. The van der Waals surface area contributed by atoms with Crippen molar-refractivity contribution in [3.05, 3.63) is 11.6 Å². The van der Waals surface area contributed by atoms with Crippen molar-refractivity contribution in [1.82, 2.24) is 5.43 Å². The highest BCUT2D eigenvalue weighted by molar-refractivity contribution is 5.13. The van der Waals surface area contributed by atoms with Gasteiger partial charge in [-0.05, 0) is 25.7 Å². The Labute approximate surface area is 70.8 Å². The van der Waals surface area contributed by atoms with Gasteiger partial charge in [-0.1, -0.05) is 11.6 Å². The van der Waals surface area contributed by atoms with Crippen molar-refractivity contribution in [3.8, 4) is 0 Å². The second-order valence-corrected chi connectivity index (χ2v) is 3.00. The zero-order chi connectivity index (χ0) is 8.97. The minimum atomic E-state index is -2.40. The van der Waals surface area contributed by atoms with Gasteiger partial charge in [0.2, 0.25) is 0 Å².